The van der Waals surface area contributed by atoms with Gasteiger partial charge < -0.3 is 5.73 Å². The highest BCUT2D eigenvalue weighted by atomic mass is 79.9. The smallest absolute Gasteiger partial charge is 0.137 e. The lowest BCUT2D eigenvalue weighted by molar-refractivity contribution is 1.32. The van der Waals surface area contributed by atoms with Crippen LogP contribution in [0.4, 0.5) is 5.82 Å². The summed E-state index contributed by atoms with van der Waals surface area (Å²) in [5.74, 6) is 0.487. The van der Waals surface area contributed by atoms with Gasteiger partial charge in [-0.1, -0.05) is 23.7 Å². The van der Waals surface area contributed by atoms with Gasteiger partial charge in [0.25, 0.3) is 0 Å². The molecule has 0 aliphatic heterocycles. The van der Waals surface area contributed by atoms with Gasteiger partial charge in [0.05, 0.1) is 4.47 Å². The van der Waals surface area contributed by atoms with E-state index in [4.69, 9.17) is 17.3 Å². The summed E-state index contributed by atoms with van der Waals surface area (Å²) in [6.45, 7) is 0. The summed E-state index contributed by atoms with van der Waals surface area (Å²) in [6, 6.07) is 9.54. The van der Waals surface area contributed by atoms with Crippen LogP contribution in [0, 0.1) is 0 Å². The fraction of sp³-hybridized carbons (Fsp3) is 0. The molecular formula is C11H8BrClN2. The Bertz CT molecular complexity index is 500. The Kier molecular flexibility index (Phi) is 2.93. The van der Waals surface area contributed by atoms with E-state index in [1.54, 1.807) is 6.20 Å². The van der Waals surface area contributed by atoms with Gasteiger partial charge in [-0.05, 0) is 39.7 Å². The number of pyridine rings is 1. The minimum atomic E-state index is 0.487. The molecule has 0 atom stereocenters. The fourth-order valence-corrected chi connectivity index (χ4v) is 1.81. The molecule has 76 valence electrons. The van der Waals surface area contributed by atoms with Crippen molar-refractivity contribution in [1.29, 1.82) is 0 Å². The summed E-state index contributed by atoms with van der Waals surface area (Å²) in [6.07, 6.45) is 1.73. The number of aromatic nitrogens is 1. The zero-order valence-corrected chi connectivity index (χ0v) is 10.1. The second-order valence-electron chi connectivity index (χ2n) is 3.10. The van der Waals surface area contributed by atoms with Crippen LogP contribution in [0.1, 0.15) is 0 Å². The predicted molar refractivity (Wildman–Crippen MR) is 66.8 cm³/mol. The van der Waals surface area contributed by atoms with Gasteiger partial charge in [-0.3, -0.25) is 0 Å². The molecule has 4 heteroatoms. The van der Waals surface area contributed by atoms with E-state index < -0.39 is 0 Å². The van der Waals surface area contributed by atoms with Crippen molar-refractivity contribution in [3.63, 3.8) is 0 Å². The minimum Gasteiger partial charge on any atom is -0.383 e. The van der Waals surface area contributed by atoms with Crippen LogP contribution in [0.15, 0.2) is 41.0 Å². The largest absolute Gasteiger partial charge is 0.383 e. The Morgan fingerprint density at radius 2 is 2.00 bits per heavy atom. The molecule has 0 saturated heterocycles. The van der Waals surface area contributed by atoms with Crippen LogP contribution in [-0.4, -0.2) is 4.98 Å². The third kappa shape index (κ3) is 2.30. The van der Waals surface area contributed by atoms with E-state index in [0.29, 0.717) is 10.8 Å². The van der Waals surface area contributed by atoms with E-state index in [9.17, 15) is 0 Å². The highest BCUT2D eigenvalue weighted by molar-refractivity contribution is 9.10. The topological polar surface area (TPSA) is 38.9 Å². The maximum atomic E-state index is 5.91. The number of nitrogens with zero attached hydrogens (tertiary/aromatic N) is 1. The van der Waals surface area contributed by atoms with Crippen molar-refractivity contribution in [2.24, 2.45) is 0 Å². The molecule has 0 amide bonds. The van der Waals surface area contributed by atoms with Gasteiger partial charge in [-0.15, -0.1) is 0 Å². The predicted octanol–water partition coefficient (Wildman–Crippen LogP) is 3.75. The van der Waals surface area contributed by atoms with E-state index in [1.165, 1.54) is 0 Å². The first-order valence-corrected chi connectivity index (χ1v) is 5.51. The molecule has 2 rings (SSSR count). The first-order valence-electron chi connectivity index (χ1n) is 4.34. The SMILES string of the molecule is Nc1ncc(-c2cccc(Cl)c2)cc1Br. The van der Waals surface area contributed by atoms with Crippen LogP contribution in [-0.2, 0) is 0 Å². The van der Waals surface area contributed by atoms with E-state index in [0.717, 1.165) is 15.6 Å². The van der Waals surface area contributed by atoms with Crippen LogP contribution >= 0.6 is 27.5 Å². The van der Waals surface area contributed by atoms with Crippen LogP contribution < -0.4 is 5.73 Å². The Hall–Kier alpha value is -1.06. The third-order valence-electron chi connectivity index (χ3n) is 2.03. The van der Waals surface area contributed by atoms with E-state index in [-0.39, 0.29) is 0 Å². The molecule has 0 radical (unpaired) electrons. The molecule has 1 heterocycles. The molecule has 0 saturated carbocycles. The van der Waals surface area contributed by atoms with Crippen molar-refractivity contribution in [1.82, 2.24) is 4.98 Å². The second-order valence-corrected chi connectivity index (χ2v) is 4.39. The Morgan fingerprint density at radius 1 is 1.20 bits per heavy atom. The summed E-state index contributed by atoms with van der Waals surface area (Å²) in [5, 5.41) is 0.709. The van der Waals surface area contributed by atoms with Gasteiger partial charge in [0.1, 0.15) is 5.82 Å². The lowest BCUT2D eigenvalue weighted by Crippen LogP contribution is -1.91. The molecule has 2 nitrogen and oxygen atoms in total. The van der Waals surface area contributed by atoms with Gasteiger partial charge in [0.15, 0.2) is 0 Å². The summed E-state index contributed by atoms with van der Waals surface area (Å²) in [5.41, 5.74) is 7.62. The van der Waals surface area contributed by atoms with E-state index in [1.807, 2.05) is 30.3 Å². The van der Waals surface area contributed by atoms with Gasteiger partial charge in [-0.25, -0.2) is 4.98 Å². The summed E-state index contributed by atoms with van der Waals surface area (Å²) in [7, 11) is 0. The number of anilines is 1. The molecule has 15 heavy (non-hydrogen) atoms. The molecule has 0 aliphatic carbocycles. The van der Waals surface area contributed by atoms with Gasteiger partial charge >= 0.3 is 0 Å². The Balaban J connectivity index is 2.50. The molecule has 2 aromatic rings. The van der Waals surface area contributed by atoms with Crippen molar-refractivity contribution in [2.75, 3.05) is 5.73 Å². The summed E-state index contributed by atoms with van der Waals surface area (Å²) >= 11 is 9.25. The van der Waals surface area contributed by atoms with Crippen molar-refractivity contribution in [3.05, 3.63) is 46.0 Å². The number of benzene rings is 1. The first-order chi connectivity index (χ1) is 7.16. The fourth-order valence-electron chi connectivity index (χ4n) is 1.27. The summed E-state index contributed by atoms with van der Waals surface area (Å²) < 4.78 is 0.792. The van der Waals surface area contributed by atoms with Crippen LogP contribution in [0.5, 0.6) is 0 Å². The van der Waals surface area contributed by atoms with E-state index >= 15 is 0 Å². The zero-order chi connectivity index (χ0) is 10.8. The van der Waals surface area contributed by atoms with Crippen LogP contribution in [0.2, 0.25) is 5.02 Å². The lowest BCUT2D eigenvalue weighted by Gasteiger charge is -2.03. The van der Waals surface area contributed by atoms with Crippen molar-refractivity contribution in [3.8, 4) is 11.1 Å². The standard InChI is InChI=1S/C11H8BrClN2/c12-10-5-8(6-15-11(10)14)7-2-1-3-9(13)4-7/h1-6H,(H2,14,15). The monoisotopic (exact) mass is 282 g/mol. The lowest BCUT2D eigenvalue weighted by atomic mass is 10.1. The Labute approximate surface area is 101 Å². The van der Waals surface area contributed by atoms with Gasteiger partial charge in [-0.2, -0.15) is 0 Å². The van der Waals surface area contributed by atoms with Crippen molar-refractivity contribution in [2.45, 2.75) is 0 Å². The van der Waals surface area contributed by atoms with Gasteiger partial charge in [0, 0.05) is 16.8 Å². The van der Waals surface area contributed by atoms with Gasteiger partial charge in [0.2, 0.25) is 0 Å². The zero-order valence-electron chi connectivity index (χ0n) is 7.74. The molecular weight excluding hydrogens is 275 g/mol. The third-order valence-corrected chi connectivity index (χ3v) is 2.90. The number of hydrogen-bond acceptors (Lipinski definition) is 2. The van der Waals surface area contributed by atoms with Crippen LogP contribution in [0.25, 0.3) is 11.1 Å². The molecule has 0 unspecified atom stereocenters. The number of nitrogens with two attached hydrogens (primary N) is 1. The second kappa shape index (κ2) is 4.21. The molecule has 0 fully saturated rings. The number of hydrogen-bond donors (Lipinski definition) is 1. The molecule has 0 spiro atoms. The average molecular weight is 284 g/mol. The first kappa shape index (κ1) is 10.5. The number of nitrogen functional groups attached to an aromatic ring is 1. The van der Waals surface area contributed by atoms with Crippen molar-refractivity contribution >= 4 is 33.3 Å². The Morgan fingerprint density at radius 3 is 2.67 bits per heavy atom. The van der Waals surface area contributed by atoms with E-state index in [2.05, 4.69) is 20.9 Å². The normalized spacial score (nSPS) is 10.3. The molecule has 1 aromatic carbocycles. The molecule has 0 bridgehead atoms. The maximum Gasteiger partial charge on any atom is 0.137 e. The quantitative estimate of drug-likeness (QED) is 0.866. The highest BCUT2D eigenvalue weighted by Gasteiger charge is 2.02. The molecule has 2 N–H and O–H groups in total. The molecule has 1 aromatic heterocycles. The van der Waals surface area contributed by atoms with Crippen LogP contribution in [0.3, 0.4) is 0 Å². The number of rotatable bonds is 1. The number of halogens is 2. The molecule has 0 aliphatic rings. The minimum absolute atomic E-state index is 0.487. The van der Waals surface area contributed by atoms with Crippen molar-refractivity contribution < 1.29 is 0 Å². The maximum absolute atomic E-state index is 5.91. The average Bonchev–Trinajstić information content (AvgIpc) is 2.22. The summed E-state index contributed by atoms with van der Waals surface area (Å²) in [4.78, 5) is 4.07. The highest BCUT2D eigenvalue weighted by Crippen LogP contribution is 2.26.